The molecule has 0 saturated carbocycles. The van der Waals surface area contributed by atoms with Crippen LogP contribution in [0.25, 0.3) is 0 Å². The maximum atomic E-state index is 11.8. The predicted octanol–water partition coefficient (Wildman–Crippen LogP) is 3.96. The smallest absolute Gasteiger partial charge is 0.277 e. The largest absolute Gasteiger partial charge is 0.484 e. The van der Waals surface area contributed by atoms with Crippen molar-refractivity contribution in [1.29, 1.82) is 0 Å². The summed E-state index contributed by atoms with van der Waals surface area (Å²) in [5.74, 6) is 0.901. The van der Waals surface area contributed by atoms with E-state index in [-0.39, 0.29) is 12.5 Å². The lowest BCUT2D eigenvalue weighted by molar-refractivity contribution is -0.123. The van der Waals surface area contributed by atoms with E-state index in [1.54, 1.807) is 6.21 Å². The quantitative estimate of drug-likeness (QED) is 0.646. The molecule has 0 aromatic heterocycles. The number of rotatable bonds is 6. The number of hydrazone groups is 1. The normalized spacial score (nSPS) is 11.0. The number of hydrogen-bond donors (Lipinski definition) is 1. The maximum absolute atomic E-state index is 11.8. The first-order valence-electron chi connectivity index (χ1n) is 8.07. The molecule has 0 spiro atoms. The van der Waals surface area contributed by atoms with E-state index in [0.717, 1.165) is 16.7 Å². The number of amides is 1. The number of nitrogens with zero attached hydrogens (tertiary/aromatic N) is 1. The number of hydrogen-bond acceptors (Lipinski definition) is 3. The Bertz CT molecular complexity index is 699. The minimum atomic E-state index is -0.288. The highest BCUT2D eigenvalue weighted by Gasteiger charge is 2.03. The van der Waals surface area contributed by atoms with Gasteiger partial charge in [-0.25, -0.2) is 5.43 Å². The Labute approximate surface area is 143 Å². The molecule has 2 aromatic carbocycles. The minimum Gasteiger partial charge on any atom is -0.484 e. The third-order valence-corrected chi connectivity index (χ3v) is 3.57. The molecule has 0 fully saturated rings. The summed E-state index contributed by atoms with van der Waals surface area (Å²) in [7, 11) is 0. The highest BCUT2D eigenvalue weighted by molar-refractivity contribution is 5.82. The van der Waals surface area contributed by atoms with E-state index in [0.29, 0.717) is 11.7 Å². The molecule has 0 atom stereocenters. The lowest BCUT2D eigenvalue weighted by atomic mass is 10.0. The predicted molar refractivity (Wildman–Crippen MR) is 97.7 cm³/mol. The summed E-state index contributed by atoms with van der Waals surface area (Å²) in [4.78, 5) is 11.8. The van der Waals surface area contributed by atoms with Crippen molar-refractivity contribution in [3.8, 4) is 5.75 Å². The molecule has 0 aliphatic carbocycles. The lowest BCUT2D eigenvalue weighted by Gasteiger charge is -2.07. The van der Waals surface area contributed by atoms with Crippen molar-refractivity contribution in [3.63, 3.8) is 0 Å². The average molecular weight is 324 g/mol. The van der Waals surface area contributed by atoms with Crippen LogP contribution in [0.5, 0.6) is 5.75 Å². The van der Waals surface area contributed by atoms with Crippen molar-refractivity contribution in [2.24, 2.45) is 5.10 Å². The molecule has 24 heavy (non-hydrogen) atoms. The lowest BCUT2D eigenvalue weighted by Crippen LogP contribution is -2.24. The fourth-order valence-corrected chi connectivity index (χ4v) is 2.34. The molecule has 0 heterocycles. The molecule has 126 valence electrons. The van der Waals surface area contributed by atoms with Crippen molar-refractivity contribution in [2.75, 3.05) is 6.61 Å². The van der Waals surface area contributed by atoms with Crippen LogP contribution in [-0.2, 0) is 4.79 Å². The zero-order valence-electron chi connectivity index (χ0n) is 14.7. The fraction of sp³-hybridized carbons (Fsp3) is 0.300. The Kier molecular flexibility index (Phi) is 6.13. The molecule has 0 bridgehead atoms. The molecule has 0 aliphatic heterocycles. The number of benzene rings is 2. The van der Waals surface area contributed by atoms with E-state index >= 15 is 0 Å². The zero-order chi connectivity index (χ0) is 17.5. The average Bonchev–Trinajstić information content (AvgIpc) is 2.52. The Hall–Kier alpha value is -2.62. The molecule has 2 aromatic rings. The summed E-state index contributed by atoms with van der Waals surface area (Å²) >= 11 is 0. The van der Waals surface area contributed by atoms with Crippen molar-refractivity contribution in [2.45, 2.75) is 33.6 Å². The third-order valence-electron chi connectivity index (χ3n) is 3.57. The van der Waals surface area contributed by atoms with Gasteiger partial charge in [-0.1, -0.05) is 44.2 Å². The molecule has 2 rings (SSSR count). The van der Waals surface area contributed by atoms with Gasteiger partial charge in [-0.05, 0) is 54.2 Å². The van der Waals surface area contributed by atoms with Crippen LogP contribution >= 0.6 is 0 Å². The number of aryl methyl sites for hydroxylation is 2. The molecule has 1 N–H and O–H groups in total. The fourth-order valence-electron chi connectivity index (χ4n) is 2.34. The zero-order valence-corrected chi connectivity index (χ0v) is 14.7. The standard InChI is InChI=1S/C20H24N2O2/c1-14(2)18-7-5-17(6-8-18)12-21-22-20(23)13-24-19-10-15(3)9-16(4)11-19/h5-12,14H,13H2,1-4H3,(H,22,23)/b21-12+. The number of nitrogens with one attached hydrogen (secondary N) is 1. The van der Waals surface area contributed by atoms with E-state index in [9.17, 15) is 4.79 Å². The van der Waals surface area contributed by atoms with Crippen molar-refractivity contribution >= 4 is 12.1 Å². The van der Waals surface area contributed by atoms with Gasteiger partial charge in [0.25, 0.3) is 5.91 Å². The van der Waals surface area contributed by atoms with Gasteiger partial charge in [0.05, 0.1) is 6.21 Å². The first kappa shape index (κ1) is 17.7. The first-order chi connectivity index (χ1) is 11.4. The second kappa shape index (κ2) is 8.29. The van der Waals surface area contributed by atoms with Gasteiger partial charge in [0.2, 0.25) is 0 Å². The van der Waals surface area contributed by atoms with E-state index in [4.69, 9.17) is 4.74 Å². The van der Waals surface area contributed by atoms with Gasteiger partial charge < -0.3 is 4.74 Å². The van der Waals surface area contributed by atoms with E-state index in [1.807, 2.05) is 38.1 Å². The monoisotopic (exact) mass is 324 g/mol. The Morgan fingerprint density at radius 1 is 1.12 bits per heavy atom. The van der Waals surface area contributed by atoms with Crippen LogP contribution in [-0.4, -0.2) is 18.7 Å². The molecule has 0 aliphatic rings. The van der Waals surface area contributed by atoms with E-state index in [2.05, 4.69) is 42.6 Å². The van der Waals surface area contributed by atoms with E-state index < -0.39 is 0 Å². The minimum absolute atomic E-state index is 0.0630. The SMILES string of the molecule is Cc1cc(C)cc(OCC(=O)N/N=C/c2ccc(C(C)C)cc2)c1. The summed E-state index contributed by atoms with van der Waals surface area (Å²) in [6, 6.07) is 14.0. The van der Waals surface area contributed by atoms with Crippen LogP contribution in [0, 0.1) is 13.8 Å². The van der Waals surface area contributed by atoms with Gasteiger partial charge >= 0.3 is 0 Å². The molecule has 4 heteroatoms. The molecule has 0 radical (unpaired) electrons. The molecule has 4 nitrogen and oxygen atoms in total. The van der Waals surface area contributed by atoms with Crippen LogP contribution in [0.1, 0.15) is 42.0 Å². The highest BCUT2D eigenvalue weighted by atomic mass is 16.5. The Balaban J connectivity index is 1.82. The summed E-state index contributed by atoms with van der Waals surface area (Å²) in [5.41, 5.74) is 6.90. The van der Waals surface area contributed by atoms with Gasteiger partial charge in [-0.15, -0.1) is 0 Å². The van der Waals surface area contributed by atoms with E-state index in [1.165, 1.54) is 5.56 Å². The summed E-state index contributed by atoms with van der Waals surface area (Å²) < 4.78 is 5.49. The maximum Gasteiger partial charge on any atom is 0.277 e. The van der Waals surface area contributed by atoms with Crippen molar-refractivity contribution in [3.05, 3.63) is 64.7 Å². The van der Waals surface area contributed by atoms with Crippen molar-refractivity contribution in [1.82, 2.24) is 5.43 Å². The summed E-state index contributed by atoms with van der Waals surface area (Å²) in [6.07, 6.45) is 1.62. The number of carbonyl (C=O) groups excluding carboxylic acids is 1. The van der Waals surface area contributed by atoms with Crippen LogP contribution in [0.2, 0.25) is 0 Å². The molecule has 1 amide bonds. The highest BCUT2D eigenvalue weighted by Crippen LogP contribution is 2.16. The molecule has 0 saturated heterocycles. The third kappa shape index (κ3) is 5.54. The van der Waals surface area contributed by atoms with Gasteiger partial charge in [0, 0.05) is 0 Å². The van der Waals surface area contributed by atoms with Crippen molar-refractivity contribution < 1.29 is 9.53 Å². The van der Waals surface area contributed by atoms with Gasteiger partial charge in [-0.3, -0.25) is 4.79 Å². The second-order valence-electron chi connectivity index (χ2n) is 6.23. The Morgan fingerprint density at radius 3 is 2.33 bits per heavy atom. The topological polar surface area (TPSA) is 50.7 Å². The number of ether oxygens (including phenoxy) is 1. The van der Waals surface area contributed by atoms with Gasteiger partial charge in [0.1, 0.15) is 5.75 Å². The first-order valence-corrected chi connectivity index (χ1v) is 8.07. The number of carbonyl (C=O) groups is 1. The summed E-state index contributed by atoms with van der Waals surface area (Å²) in [6.45, 7) is 8.23. The van der Waals surface area contributed by atoms with Crippen LogP contribution in [0.4, 0.5) is 0 Å². The molecule has 0 unspecified atom stereocenters. The van der Waals surface area contributed by atoms with Crippen LogP contribution in [0.15, 0.2) is 47.6 Å². The van der Waals surface area contributed by atoms with Gasteiger partial charge in [0.15, 0.2) is 6.61 Å². The molecular formula is C20H24N2O2. The van der Waals surface area contributed by atoms with Gasteiger partial charge in [-0.2, -0.15) is 5.10 Å². The van der Waals surface area contributed by atoms with Crippen LogP contribution < -0.4 is 10.2 Å². The summed E-state index contributed by atoms with van der Waals surface area (Å²) in [5, 5.41) is 3.96. The second-order valence-corrected chi connectivity index (χ2v) is 6.23. The van der Waals surface area contributed by atoms with Crippen LogP contribution in [0.3, 0.4) is 0 Å². The Morgan fingerprint density at radius 2 is 1.75 bits per heavy atom. The molecular weight excluding hydrogens is 300 g/mol.